The van der Waals surface area contributed by atoms with E-state index >= 15 is 0 Å². The predicted octanol–water partition coefficient (Wildman–Crippen LogP) is 1.46. The zero-order valence-electron chi connectivity index (χ0n) is 13.1. The Labute approximate surface area is 130 Å². The number of fused-ring (bicyclic) bond motifs is 1. The lowest BCUT2D eigenvalue weighted by molar-refractivity contribution is -0.137. The third kappa shape index (κ3) is 2.25. The summed E-state index contributed by atoms with van der Waals surface area (Å²) >= 11 is 0. The van der Waals surface area contributed by atoms with Gasteiger partial charge in [-0.15, -0.1) is 0 Å². The molecule has 0 saturated carbocycles. The number of methoxy groups -OCH3 is 2. The Morgan fingerprint density at radius 1 is 1.27 bits per heavy atom. The lowest BCUT2D eigenvalue weighted by Crippen LogP contribution is -2.44. The molecule has 1 spiro atoms. The van der Waals surface area contributed by atoms with Crippen molar-refractivity contribution in [2.24, 2.45) is 11.1 Å². The van der Waals surface area contributed by atoms with Gasteiger partial charge in [-0.2, -0.15) is 0 Å². The predicted molar refractivity (Wildman–Crippen MR) is 84.4 cm³/mol. The number of carbonyl (C=O) groups is 1. The second-order valence-electron chi connectivity index (χ2n) is 6.01. The van der Waals surface area contributed by atoms with E-state index in [2.05, 4.69) is 5.32 Å². The van der Waals surface area contributed by atoms with Gasteiger partial charge < -0.3 is 20.5 Å². The zero-order valence-corrected chi connectivity index (χ0v) is 13.1. The number of esters is 1. The molecule has 1 saturated heterocycles. The fourth-order valence-electron chi connectivity index (χ4n) is 3.74. The maximum Gasteiger partial charge on any atom is 0.336 e. The van der Waals surface area contributed by atoms with Crippen LogP contribution in [0, 0.1) is 5.41 Å². The molecule has 2 aliphatic rings. The highest BCUT2D eigenvalue weighted by Crippen LogP contribution is 2.47. The van der Waals surface area contributed by atoms with Gasteiger partial charge in [-0.3, -0.25) is 0 Å². The third-order valence-corrected chi connectivity index (χ3v) is 4.88. The number of rotatable bonds is 2. The first-order chi connectivity index (χ1) is 10.6. The molecular formula is C17H22N2O3. The van der Waals surface area contributed by atoms with Crippen LogP contribution in [-0.4, -0.2) is 33.3 Å². The smallest absolute Gasteiger partial charge is 0.336 e. The molecule has 0 unspecified atom stereocenters. The second kappa shape index (κ2) is 5.65. The number of ether oxygens (including phenoxy) is 2. The van der Waals surface area contributed by atoms with Gasteiger partial charge in [-0.05, 0) is 56.1 Å². The van der Waals surface area contributed by atoms with Crippen LogP contribution in [0.4, 0.5) is 0 Å². The maximum absolute atomic E-state index is 12.4. The first-order valence-corrected chi connectivity index (χ1v) is 7.58. The van der Waals surface area contributed by atoms with E-state index in [0.717, 1.165) is 49.2 Å². The standard InChI is InChI=1S/C17H22N2O3/c1-21-12-3-4-13-11(9-12)10-17(5-7-19-8-6-17)14(15(13)18)16(20)22-2/h3-4,9,19H,5-8,10,18H2,1-2H3. The number of nitrogens with two attached hydrogens (primary N) is 1. The van der Waals surface area contributed by atoms with Crippen LogP contribution in [0.25, 0.3) is 5.70 Å². The SMILES string of the molecule is COC(=O)C1=C(N)c2ccc(OC)cc2CC12CCNCC2. The molecule has 1 aliphatic heterocycles. The molecule has 1 aliphatic carbocycles. The number of piperidine rings is 1. The van der Waals surface area contributed by atoms with E-state index in [1.807, 2.05) is 18.2 Å². The molecule has 5 nitrogen and oxygen atoms in total. The summed E-state index contributed by atoms with van der Waals surface area (Å²) in [6, 6.07) is 5.83. The number of carbonyl (C=O) groups excluding carboxylic acids is 1. The second-order valence-corrected chi connectivity index (χ2v) is 6.01. The van der Waals surface area contributed by atoms with Crippen LogP contribution in [-0.2, 0) is 16.0 Å². The van der Waals surface area contributed by atoms with Crippen LogP contribution >= 0.6 is 0 Å². The topological polar surface area (TPSA) is 73.6 Å². The summed E-state index contributed by atoms with van der Waals surface area (Å²) < 4.78 is 10.4. The summed E-state index contributed by atoms with van der Waals surface area (Å²) in [6.07, 6.45) is 2.57. The molecule has 5 heteroatoms. The lowest BCUT2D eigenvalue weighted by atomic mass is 9.64. The minimum Gasteiger partial charge on any atom is -0.497 e. The fourth-order valence-corrected chi connectivity index (χ4v) is 3.74. The quantitative estimate of drug-likeness (QED) is 0.809. The first-order valence-electron chi connectivity index (χ1n) is 7.58. The molecule has 1 aromatic rings. The molecule has 118 valence electrons. The van der Waals surface area contributed by atoms with Gasteiger partial charge in [0.25, 0.3) is 0 Å². The molecule has 3 N–H and O–H groups in total. The first kappa shape index (κ1) is 14.9. The summed E-state index contributed by atoms with van der Waals surface area (Å²) in [4.78, 5) is 12.4. The Hall–Kier alpha value is -2.01. The highest BCUT2D eigenvalue weighted by molar-refractivity contribution is 6.00. The van der Waals surface area contributed by atoms with Crippen LogP contribution in [0.3, 0.4) is 0 Å². The summed E-state index contributed by atoms with van der Waals surface area (Å²) in [6.45, 7) is 1.76. The Morgan fingerprint density at radius 2 is 2.00 bits per heavy atom. The zero-order chi connectivity index (χ0) is 15.7. The summed E-state index contributed by atoms with van der Waals surface area (Å²) in [5, 5.41) is 3.35. The van der Waals surface area contributed by atoms with Crippen molar-refractivity contribution < 1.29 is 14.3 Å². The van der Waals surface area contributed by atoms with Crippen molar-refractivity contribution in [3.63, 3.8) is 0 Å². The number of hydrogen-bond acceptors (Lipinski definition) is 5. The fraction of sp³-hybridized carbons (Fsp3) is 0.471. The van der Waals surface area contributed by atoms with Crippen LogP contribution in [0.1, 0.15) is 24.0 Å². The van der Waals surface area contributed by atoms with E-state index in [4.69, 9.17) is 15.2 Å². The van der Waals surface area contributed by atoms with Gasteiger partial charge in [0.2, 0.25) is 0 Å². The molecule has 0 aromatic heterocycles. The van der Waals surface area contributed by atoms with Crippen molar-refractivity contribution in [3.8, 4) is 5.75 Å². The van der Waals surface area contributed by atoms with Crippen LogP contribution in [0.15, 0.2) is 23.8 Å². The molecule has 1 fully saturated rings. The van der Waals surface area contributed by atoms with Crippen molar-refractivity contribution in [3.05, 3.63) is 34.9 Å². The van der Waals surface area contributed by atoms with Crippen molar-refractivity contribution in [2.45, 2.75) is 19.3 Å². The maximum atomic E-state index is 12.4. The van der Waals surface area contributed by atoms with E-state index in [-0.39, 0.29) is 11.4 Å². The number of nitrogens with one attached hydrogen (secondary N) is 1. The molecule has 3 rings (SSSR count). The van der Waals surface area contributed by atoms with E-state index < -0.39 is 0 Å². The van der Waals surface area contributed by atoms with Gasteiger partial charge in [0, 0.05) is 11.0 Å². The molecule has 0 bridgehead atoms. The Morgan fingerprint density at radius 3 is 2.64 bits per heavy atom. The number of hydrogen-bond donors (Lipinski definition) is 2. The van der Waals surface area contributed by atoms with Gasteiger partial charge in [0.1, 0.15) is 5.75 Å². The van der Waals surface area contributed by atoms with E-state index in [0.29, 0.717) is 11.3 Å². The van der Waals surface area contributed by atoms with Crippen LogP contribution in [0.2, 0.25) is 0 Å². The van der Waals surface area contributed by atoms with E-state index in [1.54, 1.807) is 7.11 Å². The lowest BCUT2D eigenvalue weighted by Gasteiger charge is -2.42. The normalized spacial score (nSPS) is 19.7. The third-order valence-electron chi connectivity index (χ3n) is 4.88. The van der Waals surface area contributed by atoms with E-state index in [9.17, 15) is 4.79 Å². The van der Waals surface area contributed by atoms with Gasteiger partial charge >= 0.3 is 5.97 Å². The molecule has 1 aromatic carbocycles. The highest BCUT2D eigenvalue weighted by Gasteiger charge is 2.44. The molecule has 0 amide bonds. The average molecular weight is 302 g/mol. The minimum absolute atomic E-state index is 0.234. The number of benzene rings is 1. The van der Waals surface area contributed by atoms with Crippen molar-refractivity contribution in [1.29, 1.82) is 0 Å². The van der Waals surface area contributed by atoms with Crippen molar-refractivity contribution >= 4 is 11.7 Å². The highest BCUT2D eigenvalue weighted by atomic mass is 16.5. The Kier molecular flexibility index (Phi) is 3.83. The van der Waals surface area contributed by atoms with Gasteiger partial charge in [-0.1, -0.05) is 0 Å². The van der Waals surface area contributed by atoms with Gasteiger partial charge in [-0.25, -0.2) is 4.79 Å². The summed E-state index contributed by atoms with van der Waals surface area (Å²) in [5.74, 6) is 0.512. The summed E-state index contributed by atoms with van der Waals surface area (Å²) in [7, 11) is 3.07. The molecule has 1 heterocycles. The van der Waals surface area contributed by atoms with Crippen LogP contribution < -0.4 is 15.8 Å². The average Bonchev–Trinajstić information content (AvgIpc) is 2.54. The van der Waals surface area contributed by atoms with E-state index in [1.165, 1.54) is 7.11 Å². The molecule has 0 atom stereocenters. The van der Waals surface area contributed by atoms with Crippen molar-refractivity contribution in [1.82, 2.24) is 5.32 Å². The summed E-state index contributed by atoms with van der Waals surface area (Å²) in [5.41, 5.74) is 9.41. The molecule has 22 heavy (non-hydrogen) atoms. The van der Waals surface area contributed by atoms with Gasteiger partial charge in [0.05, 0.1) is 25.5 Å². The molecular weight excluding hydrogens is 280 g/mol. The van der Waals surface area contributed by atoms with Crippen LogP contribution in [0.5, 0.6) is 5.75 Å². The molecule has 0 radical (unpaired) electrons. The van der Waals surface area contributed by atoms with Crippen molar-refractivity contribution in [2.75, 3.05) is 27.3 Å². The monoisotopic (exact) mass is 302 g/mol. The largest absolute Gasteiger partial charge is 0.497 e. The van der Waals surface area contributed by atoms with Gasteiger partial charge in [0.15, 0.2) is 0 Å². The minimum atomic E-state index is -0.305. The Bertz CT molecular complexity index is 631. The Balaban J connectivity index is 2.16.